The number of rotatable bonds is 23. The first-order chi connectivity index (χ1) is 28.0. The van der Waals surface area contributed by atoms with Crippen LogP contribution in [0.5, 0.6) is 17.2 Å². The van der Waals surface area contributed by atoms with Gasteiger partial charge in [-0.3, -0.25) is 19.2 Å². The Bertz CT molecular complexity index is 1790. The van der Waals surface area contributed by atoms with E-state index >= 15 is 0 Å². The van der Waals surface area contributed by atoms with Crippen molar-refractivity contribution in [2.24, 2.45) is 5.41 Å². The number of hydrogen-bond acceptors (Lipinski definition) is 10. The van der Waals surface area contributed by atoms with Crippen molar-refractivity contribution in [3.63, 3.8) is 0 Å². The largest absolute Gasteiger partial charge is 0.489 e. The molecule has 0 aliphatic carbocycles. The number of anilines is 2. The summed E-state index contributed by atoms with van der Waals surface area (Å²) >= 11 is 0. The number of amides is 4. The fourth-order valence-corrected chi connectivity index (χ4v) is 6.84. The van der Waals surface area contributed by atoms with Gasteiger partial charge in [0.25, 0.3) is 17.7 Å². The van der Waals surface area contributed by atoms with E-state index in [1.54, 1.807) is 58.9 Å². The number of Topliss-reactive ketones (excluding diaryl/α,β-unsaturated/α-hetero) is 1. The summed E-state index contributed by atoms with van der Waals surface area (Å²) < 4.78 is 23.4. The maximum atomic E-state index is 14.2. The molecule has 13 nitrogen and oxygen atoms in total. The molecule has 13 heteroatoms. The van der Waals surface area contributed by atoms with Gasteiger partial charge in [-0.2, -0.15) is 0 Å². The molecule has 1 saturated heterocycles. The Labute approximate surface area is 357 Å². The highest BCUT2D eigenvalue weighted by atomic mass is 16.6. The van der Waals surface area contributed by atoms with Gasteiger partial charge in [0.2, 0.25) is 0 Å². The van der Waals surface area contributed by atoms with Gasteiger partial charge in [0.05, 0.1) is 11.8 Å². The van der Waals surface area contributed by atoms with Crippen molar-refractivity contribution < 1.29 is 48.0 Å². The van der Waals surface area contributed by atoms with E-state index in [9.17, 15) is 29.1 Å². The summed E-state index contributed by atoms with van der Waals surface area (Å²) in [5, 5.41) is 15.6. The van der Waals surface area contributed by atoms with Gasteiger partial charge in [0, 0.05) is 16.7 Å². The zero-order chi connectivity index (χ0) is 45.0. The molecule has 1 heterocycles. The van der Waals surface area contributed by atoms with Crippen LogP contribution in [0.1, 0.15) is 159 Å². The highest BCUT2D eigenvalue weighted by molar-refractivity contribution is 6.19. The van der Waals surface area contributed by atoms with Crippen LogP contribution in [0.15, 0.2) is 36.4 Å². The fourth-order valence-electron chi connectivity index (χ4n) is 6.84. The van der Waals surface area contributed by atoms with Crippen LogP contribution >= 0.6 is 0 Å². The minimum atomic E-state index is -1.84. The maximum Gasteiger partial charge on any atom is 0.418 e. The molecule has 3 N–H and O–H groups in total. The highest BCUT2D eigenvalue weighted by Gasteiger charge is 2.55. The molecule has 334 valence electrons. The van der Waals surface area contributed by atoms with E-state index in [0.29, 0.717) is 28.5 Å². The van der Waals surface area contributed by atoms with Crippen LogP contribution < -0.4 is 24.8 Å². The van der Waals surface area contributed by atoms with Gasteiger partial charge in [0.15, 0.2) is 29.8 Å². The topological polar surface area (TPSA) is 170 Å². The molecule has 1 aliphatic rings. The highest BCUT2D eigenvalue weighted by Crippen LogP contribution is 2.36. The number of carbonyl (C=O) groups is 5. The molecule has 60 heavy (non-hydrogen) atoms. The molecule has 2 aromatic carbocycles. The molecule has 4 amide bonds. The summed E-state index contributed by atoms with van der Waals surface area (Å²) in [6.45, 7) is 21.0. The number of aliphatic hydroxyl groups excluding tert-OH is 1. The first-order valence-corrected chi connectivity index (χ1v) is 21.7. The molecule has 0 aromatic heterocycles. The zero-order valence-corrected chi connectivity index (χ0v) is 38.1. The van der Waals surface area contributed by atoms with E-state index in [1.807, 2.05) is 26.8 Å². The number of nitrogens with one attached hydrogen (secondary N) is 2. The maximum absolute atomic E-state index is 14.2. The molecule has 3 rings (SSSR count). The number of aliphatic hydroxyl groups is 1. The number of ketones is 1. The van der Waals surface area contributed by atoms with Gasteiger partial charge >= 0.3 is 6.09 Å². The monoisotopic (exact) mass is 838 g/mol. The third-order valence-corrected chi connectivity index (χ3v) is 10.1. The number of ether oxygens (including phenoxy) is 4. The number of hydrogen-bond donors (Lipinski definition) is 3. The van der Waals surface area contributed by atoms with Gasteiger partial charge in [0.1, 0.15) is 17.2 Å². The lowest BCUT2D eigenvalue weighted by molar-refractivity contribution is -0.145. The van der Waals surface area contributed by atoms with Crippen LogP contribution in [0.2, 0.25) is 0 Å². The van der Waals surface area contributed by atoms with E-state index in [0.717, 1.165) is 31.2 Å². The lowest BCUT2D eigenvalue weighted by atomic mass is 9.85. The standard InChI is InChI=1S/C47H71N3O10/c1-13-14-15-16-17-18-19-20-21-22-23-38(59-33-25-27-36(58-31(4)51)34(29-33)45(5,6)7)41(53)48-32-24-26-37(57-30(2)3)35(28-32)49-42(54)39(40(52)46(8,9)10)50-43(55)47(11,12)60-44(50)56/h24-31,38-39,51H,13-23H2,1-12H3,(H,48,53)(H,49,54). The van der Waals surface area contributed by atoms with Crippen molar-refractivity contribution in [3.05, 3.63) is 42.0 Å². The summed E-state index contributed by atoms with van der Waals surface area (Å²) in [7, 11) is 0. The Morgan fingerprint density at radius 1 is 0.767 bits per heavy atom. The van der Waals surface area contributed by atoms with Crippen molar-refractivity contribution in [1.29, 1.82) is 0 Å². The smallest absolute Gasteiger partial charge is 0.418 e. The second kappa shape index (κ2) is 21.7. The molecule has 1 aliphatic heterocycles. The molecule has 1 fully saturated rings. The molecule has 0 bridgehead atoms. The van der Waals surface area contributed by atoms with E-state index < -0.39 is 59.0 Å². The van der Waals surface area contributed by atoms with Crippen molar-refractivity contribution >= 4 is 41.0 Å². The van der Waals surface area contributed by atoms with Crippen molar-refractivity contribution in [2.75, 3.05) is 10.6 Å². The van der Waals surface area contributed by atoms with Crippen molar-refractivity contribution in [3.8, 4) is 17.2 Å². The molecule has 3 atom stereocenters. The number of cyclic esters (lactones) is 1. The van der Waals surface area contributed by atoms with Gasteiger partial charge in [-0.15, -0.1) is 0 Å². The predicted molar refractivity (Wildman–Crippen MR) is 233 cm³/mol. The second-order valence-corrected chi connectivity index (χ2v) is 18.6. The molecular formula is C47H71N3O10. The van der Waals surface area contributed by atoms with Crippen LogP contribution in [0.25, 0.3) is 0 Å². The summed E-state index contributed by atoms with van der Waals surface area (Å²) in [4.78, 5) is 68.9. The van der Waals surface area contributed by atoms with Crippen LogP contribution in [0.3, 0.4) is 0 Å². The first-order valence-electron chi connectivity index (χ1n) is 21.7. The number of unbranched alkanes of at least 4 members (excludes halogenated alkanes) is 9. The molecular weight excluding hydrogens is 767 g/mol. The molecule has 0 radical (unpaired) electrons. The normalized spacial score (nSPS) is 15.6. The van der Waals surface area contributed by atoms with Crippen LogP contribution in [-0.4, -0.2) is 69.7 Å². The summed E-state index contributed by atoms with van der Waals surface area (Å²) in [6.07, 6.45) is 8.45. The lowest BCUT2D eigenvalue weighted by Crippen LogP contribution is -2.55. The molecule has 0 saturated carbocycles. The van der Waals surface area contributed by atoms with E-state index in [2.05, 4.69) is 17.6 Å². The number of benzene rings is 2. The summed E-state index contributed by atoms with van der Waals surface area (Å²) in [6, 6.07) is 8.15. The minimum Gasteiger partial charge on any atom is -0.489 e. The third kappa shape index (κ3) is 14.5. The average Bonchev–Trinajstić information content (AvgIpc) is 3.33. The second-order valence-electron chi connectivity index (χ2n) is 18.6. The Morgan fingerprint density at radius 3 is 1.87 bits per heavy atom. The van der Waals surface area contributed by atoms with E-state index in [1.165, 1.54) is 65.4 Å². The molecule has 0 spiro atoms. The number of nitrogens with zero attached hydrogens (tertiary/aromatic N) is 1. The number of imide groups is 1. The van der Waals surface area contributed by atoms with Gasteiger partial charge in [-0.25, -0.2) is 9.69 Å². The van der Waals surface area contributed by atoms with Crippen LogP contribution in [-0.2, 0) is 29.3 Å². The Hall–Kier alpha value is -4.65. The predicted octanol–water partition coefficient (Wildman–Crippen LogP) is 9.87. The Balaban J connectivity index is 1.93. The number of carbonyl (C=O) groups excluding carboxylic acids is 5. The van der Waals surface area contributed by atoms with Crippen molar-refractivity contribution in [1.82, 2.24) is 4.90 Å². The van der Waals surface area contributed by atoms with Crippen molar-refractivity contribution in [2.45, 2.75) is 189 Å². The van der Waals surface area contributed by atoms with Crippen LogP contribution in [0.4, 0.5) is 16.2 Å². The summed E-state index contributed by atoms with van der Waals surface area (Å²) in [5.41, 5.74) is -1.85. The lowest BCUT2D eigenvalue weighted by Gasteiger charge is -2.29. The van der Waals surface area contributed by atoms with E-state index in [-0.39, 0.29) is 23.0 Å². The van der Waals surface area contributed by atoms with Gasteiger partial charge in [-0.1, -0.05) is 106 Å². The SMILES string of the molecule is CCCCCCCCCCCCC(Oc1ccc(OC(C)O)c(C(C)(C)C)c1)C(=O)Nc1ccc(OC(C)C)c(NC(=O)C(C(=O)C(C)(C)C)N2C(=O)OC(C)(C)C2=O)c1. The Morgan fingerprint density at radius 2 is 1.35 bits per heavy atom. The Kier molecular flexibility index (Phi) is 18.0. The molecule has 3 unspecified atom stereocenters. The van der Waals surface area contributed by atoms with Gasteiger partial charge < -0.3 is 34.7 Å². The van der Waals surface area contributed by atoms with Gasteiger partial charge in [-0.05, 0) is 89.3 Å². The first kappa shape index (κ1) is 49.7. The third-order valence-electron chi connectivity index (χ3n) is 10.1. The molecule has 2 aromatic rings. The quantitative estimate of drug-likeness (QED) is 0.0556. The average molecular weight is 838 g/mol. The summed E-state index contributed by atoms with van der Waals surface area (Å²) in [5.74, 6) is -1.65. The van der Waals surface area contributed by atoms with Crippen LogP contribution in [0, 0.1) is 5.41 Å². The fraction of sp³-hybridized carbons (Fsp3) is 0.638. The zero-order valence-electron chi connectivity index (χ0n) is 38.1. The minimum absolute atomic E-state index is 0.105. The van der Waals surface area contributed by atoms with E-state index in [4.69, 9.17) is 18.9 Å².